The molecule has 0 aliphatic rings. The van der Waals surface area contributed by atoms with E-state index in [0.717, 1.165) is 4.68 Å². The Kier molecular flexibility index (Phi) is 6.23. The number of anilines is 1. The molecule has 0 fully saturated rings. The van der Waals surface area contributed by atoms with Gasteiger partial charge in [0.25, 0.3) is 0 Å². The van der Waals surface area contributed by atoms with E-state index in [1.165, 1.54) is 19.9 Å². The molecule has 1 N–H and O–H groups in total. The number of nitrogens with one attached hydrogen (secondary N) is 1. The molecule has 0 aliphatic carbocycles. The van der Waals surface area contributed by atoms with E-state index in [1.807, 2.05) is 6.92 Å². The molecule has 31 heavy (non-hydrogen) atoms. The zero-order chi connectivity index (χ0) is 22.9. The Labute approximate surface area is 174 Å². The summed E-state index contributed by atoms with van der Waals surface area (Å²) in [6, 6.07) is 0. The molecule has 0 spiro atoms. The summed E-state index contributed by atoms with van der Waals surface area (Å²) in [5.41, 5.74) is 0.548. The highest BCUT2D eigenvalue weighted by Crippen LogP contribution is 2.26. The molecule has 0 bridgehead atoms. The molecule has 0 saturated heterocycles. The van der Waals surface area contributed by atoms with E-state index in [0.29, 0.717) is 17.8 Å². The van der Waals surface area contributed by atoms with Gasteiger partial charge in [-0.3, -0.25) is 14.2 Å². The summed E-state index contributed by atoms with van der Waals surface area (Å²) in [5.74, 6) is -10.6. The standard InChI is InChI=1S/C20H18F5N5O/c1-4-29-8-12(7-26-29)5-6-14(31)27-20-10(2)28-30(11(20)3)9-13-15(21)17(23)19(25)18(24)16(13)22/h5-8H,4,9H2,1-3H3,(H,27,31)/b6-5+. The van der Waals surface area contributed by atoms with Gasteiger partial charge in [-0.1, -0.05) is 0 Å². The zero-order valence-electron chi connectivity index (χ0n) is 16.8. The first-order valence-corrected chi connectivity index (χ1v) is 9.19. The lowest BCUT2D eigenvalue weighted by molar-refractivity contribution is -0.111. The van der Waals surface area contributed by atoms with E-state index in [1.54, 1.807) is 23.2 Å². The SMILES string of the molecule is CCn1cc(/C=C/C(=O)Nc2c(C)nn(Cc3c(F)c(F)c(F)c(F)c3F)c2C)cn1. The topological polar surface area (TPSA) is 64.7 Å². The van der Waals surface area contributed by atoms with Crippen molar-refractivity contribution in [2.45, 2.75) is 33.9 Å². The predicted octanol–water partition coefficient (Wildman–Crippen LogP) is 4.11. The van der Waals surface area contributed by atoms with Crippen LogP contribution < -0.4 is 5.32 Å². The molecule has 0 atom stereocenters. The second kappa shape index (κ2) is 8.70. The molecule has 0 aliphatic heterocycles. The first kappa shape index (κ1) is 22.2. The average molecular weight is 439 g/mol. The number of rotatable bonds is 6. The van der Waals surface area contributed by atoms with Crippen LogP contribution in [0.5, 0.6) is 0 Å². The van der Waals surface area contributed by atoms with Crippen molar-refractivity contribution in [1.29, 1.82) is 0 Å². The highest BCUT2D eigenvalue weighted by Gasteiger charge is 2.26. The minimum atomic E-state index is -2.23. The van der Waals surface area contributed by atoms with Gasteiger partial charge in [-0.25, -0.2) is 22.0 Å². The molecule has 6 nitrogen and oxygen atoms in total. The van der Waals surface area contributed by atoms with E-state index < -0.39 is 47.1 Å². The number of benzene rings is 1. The van der Waals surface area contributed by atoms with E-state index in [4.69, 9.17) is 0 Å². The summed E-state index contributed by atoms with van der Waals surface area (Å²) >= 11 is 0. The third-order valence-corrected chi connectivity index (χ3v) is 4.64. The number of carbonyl (C=O) groups excluding carboxylic acids is 1. The molecule has 0 radical (unpaired) electrons. The van der Waals surface area contributed by atoms with Gasteiger partial charge in [-0.15, -0.1) is 0 Å². The quantitative estimate of drug-likeness (QED) is 0.272. The van der Waals surface area contributed by atoms with E-state index in [-0.39, 0.29) is 11.4 Å². The Morgan fingerprint density at radius 2 is 1.68 bits per heavy atom. The predicted molar refractivity (Wildman–Crippen MR) is 103 cm³/mol. The number of hydrogen-bond acceptors (Lipinski definition) is 3. The van der Waals surface area contributed by atoms with Crippen LogP contribution in [0.1, 0.15) is 29.4 Å². The highest BCUT2D eigenvalue weighted by atomic mass is 19.2. The molecular weight excluding hydrogens is 421 g/mol. The molecule has 2 aromatic heterocycles. The molecular formula is C20H18F5N5O. The molecule has 0 unspecified atom stereocenters. The summed E-state index contributed by atoms with van der Waals surface area (Å²) < 4.78 is 70.8. The second-order valence-electron chi connectivity index (χ2n) is 6.70. The Bertz CT molecular complexity index is 1150. The van der Waals surface area contributed by atoms with Crippen LogP contribution in [-0.4, -0.2) is 25.5 Å². The summed E-state index contributed by atoms with van der Waals surface area (Å²) in [4.78, 5) is 12.2. The molecule has 1 aromatic carbocycles. The van der Waals surface area contributed by atoms with Gasteiger partial charge < -0.3 is 5.32 Å². The van der Waals surface area contributed by atoms with Crippen molar-refractivity contribution < 1.29 is 26.7 Å². The minimum absolute atomic E-state index is 0.266. The molecule has 0 saturated carbocycles. The van der Waals surface area contributed by atoms with Gasteiger partial charge in [-0.05, 0) is 26.8 Å². The van der Waals surface area contributed by atoms with Gasteiger partial charge in [0.05, 0.1) is 35.4 Å². The third kappa shape index (κ3) is 4.35. The molecule has 3 rings (SSSR count). The Morgan fingerprint density at radius 1 is 1.06 bits per heavy atom. The van der Waals surface area contributed by atoms with Crippen molar-refractivity contribution in [3.8, 4) is 0 Å². The smallest absolute Gasteiger partial charge is 0.248 e. The lowest BCUT2D eigenvalue weighted by atomic mass is 10.1. The monoisotopic (exact) mass is 439 g/mol. The lowest BCUT2D eigenvalue weighted by Crippen LogP contribution is -2.13. The van der Waals surface area contributed by atoms with Crippen LogP contribution in [0.2, 0.25) is 0 Å². The first-order valence-electron chi connectivity index (χ1n) is 9.19. The van der Waals surface area contributed by atoms with Crippen molar-refractivity contribution in [3.63, 3.8) is 0 Å². The van der Waals surface area contributed by atoms with Crippen LogP contribution in [-0.2, 0) is 17.9 Å². The number of aromatic nitrogens is 4. The van der Waals surface area contributed by atoms with Crippen LogP contribution in [0.4, 0.5) is 27.6 Å². The third-order valence-electron chi connectivity index (χ3n) is 4.64. The Hall–Kier alpha value is -3.50. The normalized spacial score (nSPS) is 11.5. The van der Waals surface area contributed by atoms with E-state index in [2.05, 4.69) is 15.5 Å². The number of amides is 1. The number of nitrogens with zero attached hydrogens (tertiary/aromatic N) is 4. The summed E-state index contributed by atoms with van der Waals surface area (Å²) in [6.07, 6.45) is 6.17. The van der Waals surface area contributed by atoms with Gasteiger partial charge in [-0.2, -0.15) is 10.2 Å². The number of halogens is 5. The van der Waals surface area contributed by atoms with Crippen molar-refractivity contribution in [2.75, 3.05) is 5.32 Å². The van der Waals surface area contributed by atoms with Crippen LogP contribution in [0.15, 0.2) is 18.5 Å². The summed E-state index contributed by atoms with van der Waals surface area (Å²) in [5, 5.41) is 10.7. The average Bonchev–Trinajstić information content (AvgIpc) is 3.32. The van der Waals surface area contributed by atoms with Gasteiger partial charge in [0.1, 0.15) is 0 Å². The van der Waals surface area contributed by atoms with Crippen molar-refractivity contribution in [1.82, 2.24) is 19.6 Å². The number of aryl methyl sites for hydroxylation is 2. The second-order valence-corrected chi connectivity index (χ2v) is 6.70. The molecule has 2 heterocycles. The van der Waals surface area contributed by atoms with E-state index in [9.17, 15) is 26.7 Å². The van der Waals surface area contributed by atoms with Crippen LogP contribution in [0.25, 0.3) is 6.08 Å². The van der Waals surface area contributed by atoms with Crippen molar-refractivity contribution >= 4 is 17.7 Å². The maximum atomic E-state index is 14.0. The highest BCUT2D eigenvalue weighted by molar-refractivity contribution is 6.02. The van der Waals surface area contributed by atoms with Crippen molar-refractivity contribution in [2.24, 2.45) is 0 Å². The van der Waals surface area contributed by atoms with Gasteiger partial charge in [0.2, 0.25) is 11.7 Å². The summed E-state index contributed by atoms with van der Waals surface area (Å²) in [7, 11) is 0. The van der Waals surface area contributed by atoms with Gasteiger partial charge in [0.15, 0.2) is 23.3 Å². The van der Waals surface area contributed by atoms with Gasteiger partial charge in [0, 0.05) is 24.4 Å². The van der Waals surface area contributed by atoms with Crippen LogP contribution in [0, 0.1) is 42.9 Å². The Morgan fingerprint density at radius 3 is 2.26 bits per heavy atom. The fraction of sp³-hybridized carbons (Fsp3) is 0.250. The summed E-state index contributed by atoms with van der Waals surface area (Å²) in [6.45, 7) is 4.92. The van der Waals surface area contributed by atoms with Crippen LogP contribution >= 0.6 is 0 Å². The molecule has 11 heteroatoms. The maximum Gasteiger partial charge on any atom is 0.248 e. The fourth-order valence-electron chi connectivity index (χ4n) is 2.95. The zero-order valence-corrected chi connectivity index (χ0v) is 16.8. The molecule has 1 amide bonds. The first-order chi connectivity index (χ1) is 14.6. The lowest BCUT2D eigenvalue weighted by Gasteiger charge is -2.10. The Balaban J connectivity index is 1.82. The van der Waals surface area contributed by atoms with E-state index >= 15 is 0 Å². The minimum Gasteiger partial charge on any atom is -0.319 e. The fourth-order valence-corrected chi connectivity index (χ4v) is 2.95. The maximum absolute atomic E-state index is 14.0. The number of hydrogen-bond donors (Lipinski definition) is 1. The number of carbonyl (C=O) groups is 1. The molecule has 164 valence electrons. The van der Waals surface area contributed by atoms with Crippen molar-refractivity contribution in [3.05, 3.63) is 70.1 Å². The largest absolute Gasteiger partial charge is 0.319 e. The van der Waals surface area contributed by atoms with Gasteiger partial charge >= 0.3 is 0 Å². The van der Waals surface area contributed by atoms with Crippen LogP contribution in [0.3, 0.4) is 0 Å². The molecule has 3 aromatic rings.